The maximum Gasteiger partial charge on any atom is 0.293 e. The van der Waals surface area contributed by atoms with E-state index < -0.39 is 0 Å². The first-order chi connectivity index (χ1) is 11.5. The predicted molar refractivity (Wildman–Crippen MR) is 93.9 cm³/mol. The van der Waals surface area contributed by atoms with E-state index in [4.69, 9.17) is 28.9 Å². The Bertz CT molecular complexity index is 733. The van der Waals surface area contributed by atoms with E-state index in [1.165, 1.54) is 0 Å². The van der Waals surface area contributed by atoms with Crippen LogP contribution in [0.4, 0.5) is 0 Å². The number of para-hydroxylation sites is 1. The third-order valence-corrected chi connectivity index (χ3v) is 4.77. The largest absolute Gasteiger partial charge is 0.336 e. The van der Waals surface area contributed by atoms with Crippen LogP contribution in [0.3, 0.4) is 0 Å². The van der Waals surface area contributed by atoms with Crippen molar-refractivity contribution in [2.45, 2.75) is 32.2 Å². The molecule has 0 saturated carbocycles. The first-order valence-electron chi connectivity index (χ1n) is 7.96. The Kier molecular flexibility index (Phi) is 5.08. The van der Waals surface area contributed by atoms with Gasteiger partial charge in [0.05, 0.1) is 10.0 Å². The number of likely N-dealkylation sites (tertiary alicyclic amines) is 1. The van der Waals surface area contributed by atoms with E-state index in [-0.39, 0.29) is 17.8 Å². The van der Waals surface area contributed by atoms with Gasteiger partial charge in [-0.3, -0.25) is 4.79 Å². The number of halogens is 2. The van der Waals surface area contributed by atoms with Crippen LogP contribution < -0.4 is 5.73 Å². The molecule has 0 bridgehead atoms. The van der Waals surface area contributed by atoms with Crippen molar-refractivity contribution in [1.82, 2.24) is 19.7 Å². The zero-order chi connectivity index (χ0) is 17.3. The molecule has 0 spiro atoms. The summed E-state index contributed by atoms with van der Waals surface area (Å²) in [5.41, 5.74) is 6.44. The number of rotatable bonds is 3. The highest BCUT2D eigenvalue weighted by atomic mass is 35.5. The molecule has 0 aliphatic carbocycles. The van der Waals surface area contributed by atoms with Crippen molar-refractivity contribution in [3.63, 3.8) is 0 Å². The average molecular weight is 368 g/mol. The number of piperidine rings is 1. The third kappa shape index (κ3) is 3.27. The lowest BCUT2D eigenvalue weighted by Crippen LogP contribution is -2.43. The number of aromatic nitrogens is 3. The number of nitrogens with two attached hydrogens (primary N) is 1. The molecule has 3 rings (SSSR count). The van der Waals surface area contributed by atoms with Gasteiger partial charge in [0.25, 0.3) is 5.91 Å². The molecule has 1 aliphatic heterocycles. The van der Waals surface area contributed by atoms with Crippen LogP contribution in [0.5, 0.6) is 0 Å². The minimum atomic E-state index is -0.182. The Balaban J connectivity index is 1.95. The smallest absolute Gasteiger partial charge is 0.293 e. The summed E-state index contributed by atoms with van der Waals surface area (Å²) in [7, 11) is 0. The second-order valence-corrected chi connectivity index (χ2v) is 6.63. The average Bonchev–Trinajstić information content (AvgIpc) is 2.99. The van der Waals surface area contributed by atoms with Crippen LogP contribution in [0.25, 0.3) is 5.69 Å². The standard InChI is InChI=1S/C16H19Cl2N5O/c1-2-13-20-15(16(24)22-8-6-10(19)7-9-22)21-23(13)14-11(17)4-3-5-12(14)18/h3-5,10H,2,6-9,19H2,1H3. The molecule has 1 aliphatic rings. The van der Waals surface area contributed by atoms with E-state index in [2.05, 4.69) is 10.1 Å². The summed E-state index contributed by atoms with van der Waals surface area (Å²) < 4.78 is 1.56. The summed E-state index contributed by atoms with van der Waals surface area (Å²) in [6.07, 6.45) is 2.19. The van der Waals surface area contributed by atoms with Crippen LogP contribution in [0.1, 0.15) is 36.2 Å². The van der Waals surface area contributed by atoms with Gasteiger partial charge in [-0.1, -0.05) is 36.2 Å². The van der Waals surface area contributed by atoms with Crippen LogP contribution in [0, 0.1) is 0 Å². The molecule has 1 fully saturated rings. The highest BCUT2D eigenvalue weighted by molar-refractivity contribution is 6.37. The summed E-state index contributed by atoms with van der Waals surface area (Å²) in [4.78, 5) is 18.8. The molecule has 2 aromatic rings. The first-order valence-corrected chi connectivity index (χ1v) is 8.72. The van der Waals surface area contributed by atoms with Gasteiger partial charge in [0.2, 0.25) is 5.82 Å². The monoisotopic (exact) mass is 367 g/mol. The molecule has 1 aromatic heterocycles. The van der Waals surface area contributed by atoms with E-state index >= 15 is 0 Å². The van der Waals surface area contributed by atoms with Crippen molar-refractivity contribution < 1.29 is 4.79 Å². The second kappa shape index (κ2) is 7.09. The van der Waals surface area contributed by atoms with Gasteiger partial charge >= 0.3 is 0 Å². The molecule has 1 amide bonds. The van der Waals surface area contributed by atoms with Crippen LogP contribution in [0.2, 0.25) is 10.0 Å². The van der Waals surface area contributed by atoms with Crippen LogP contribution in [-0.4, -0.2) is 44.7 Å². The zero-order valence-electron chi connectivity index (χ0n) is 13.4. The molecule has 0 radical (unpaired) electrons. The zero-order valence-corrected chi connectivity index (χ0v) is 14.9. The number of hydrogen-bond donors (Lipinski definition) is 1. The lowest BCUT2D eigenvalue weighted by atomic mass is 10.1. The van der Waals surface area contributed by atoms with Crippen LogP contribution >= 0.6 is 23.2 Å². The first kappa shape index (κ1) is 17.2. The summed E-state index contributed by atoms with van der Waals surface area (Å²) in [5, 5.41) is 5.31. The highest BCUT2D eigenvalue weighted by Gasteiger charge is 2.26. The maximum absolute atomic E-state index is 12.7. The molecule has 6 nitrogen and oxygen atoms in total. The van der Waals surface area contributed by atoms with Crippen molar-refractivity contribution in [3.8, 4) is 5.69 Å². The molecular weight excluding hydrogens is 349 g/mol. The van der Waals surface area contributed by atoms with E-state index in [1.54, 1.807) is 27.8 Å². The highest BCUT2D eigenvalue weighted by Crippen LogP contribution is 2.29. The lowest BCUT2D eigenvalue weighted by molar-refractivity contribution is 0.0702. The number of benzene rings is 1. The van der Waals surface area contributed by atoms with Crippen molar-refractivity contribution in [2.24, 2.45) is 5.73 Å². The number of aryl methyl sites for hydroxylation is 1. The number of carbonyl (C=O) groups excluding carboxylic acids is 1. The molecule has 128 valence electrons. The van der Waals surface area contributed by atoms with Gasteiger partial charge in [-0.2, -0.15) is 0 Å². The molecule has 2 heterocycles. The number of amides is 1. The summed E-state index contributed by atoms with van der Waals surface area (Å²) >= 11 is 12.5. The van der Waals surface area contributed by atoms with E-state index in [1.807, 2.05) is 6.92 Å². The van der Waals surface area contributed by atoms with Crippen LogP contribution in [0.15, 0.2) is 18.2 Å². The van der Waals surface area contributed by atoms with Gasteiger partial charge in [-0.25, -0.2) is 9.67 Å². The predicted octanol–water partition coefficient (Wildman–Crippen LogP) is 2.70. The van der Waals surface area contributed by atoms with Crippen molar-refractivity contribution >= 4 is 29.1 Å². The Labute approximate surface area is 150 Å². The molecule has 0 atom stereocenters. The van der Waals surface area contributed by atoms with Gasteiger partial charge < -0.3 is 10.6 Å². The van der Waals surface area contributed by atoms with E-state index in [0.29, 0.717) is 41.1 Å². The third-order valence-electron chi connectivity index (χ3n) is 4.16. The Morgan fingerprint density at radius 3 is 2.50 bits per heavy atom. The van der Waals surface area contributed by atoms with E-state index in [9.17, 15) is 4.79 Å². The van der Waals surface area contributed by atoms with Crippen molar-refractivity contribution in [1.29, 1.82) is 0 Å². The Morgan fingerprint density at radius 2 is 1.92 bits per heavy atom. The SMILES string of the molecule is CCc1nc(C(=O)N2CCC(N)CC2)nn1-c1c(Cl)cccc1Cl. The van der Waals surface area contributed by atoms with Gasteiger partial charge in [-0.05, 0) is 25.0 Å². The topological polar surface area (TPSA) is 77.0 Å². The molecule has 1 aromatic carbocycles. The molecule has 0 unspecified atom stereocenters. The van der Waals surface area contributed by atoms with Crippen molar-refractivity contribution in [2.75, 3.05) is 13.1 Å². The Morgan fingerprint density at radius 1 is 1.29 bits per heavy atom. The fourth-order valence-corrected chi connectivity index (χ4v) is 3.34. The van der Waals surface area contributed by atoms with Gasteiger partial charge in [-0.15, -0.1) is 5.10 Å². The molecule has 2 N–H and O–H groups in total. The Hall–Kier alpha value is -1.63. The lowest BCUT2D eigenvalue weighted by Gasteiger charge is -2.29. The fraction of sp³-hybridized carbons (Fsp3) is 0.438. The normalized spacial score (nSPS) is 15.8. The summed E-state index contributed by atoms with van der Waals surface area (Å²) in [6.45, 7) is 3.20. The number of hydrogen-bond acceptors (Lipinski definition) is 4. The van der Waals surface area contributed by atoms with Crippen LogP contribution in [-0.2, 0) is 6.42 Å². The van der Waals surface area contributed by atoms with Gasteiger partial charge in [0.1, 0.15) is 11.5 Å². The van der Waals surface area contributed by atoms with Gasteiger partial charge in [0.15, 0.2) is 0 Å². The van der Waals surface area contributed by atoms with Gasteiger partial charge in [0, 0.05) is 25.6 Å². The minimum absolute atomic E-state index is 0.160. The maximum atomic E-state index is 12.7. The van der Waals surface area contributed by atoms with Crippen molar-refractivity contribution in [3.05, 3.63) is 39.9 Å². The fourth-order valence-electron chi connectivity index (χ4n) is 2.78. The van der Waals surface area contributed by atoms with E-state index in [0.717, 1.165) is 12.8 Å². The number of nitrogens with zero attached hydrogens (tertiary/aromatic N) is 4. The minimum Gasteiger partial charge on any atom is -0.336 e. The molecule has 8 heteroatoms. The second-order valence-electron chi connectivity index (χ2n) is 5.82. The summed E-state index contributed by atoms with van der Waals surface area (Å²) in [5.74, 6) is 0.624. The molecule has 1 saturated heterocycles. The molecular formula is C16H19Cl2N5O. The number of carbonyl (C=O) groups is 1. The molecule has 24 heavy (non-hydrogen) atoms. The quantitative estimate of drug-likeness (QED) is 0.904. The summed E-state index contributed by atoms with van der Waals surface area (Å²) in [6, 6.07) is 5.39.